The van der Waals surface area contributed by atoms with E-state index in [0.29, 0.717) is 12.1 Å². The summed E-state index contributed by atoms with van der Waals surface area (Å²) in [4.78, 5) is 24.5. The Morgan fingerprint density at radius 1 is 1.25 bits per heavy atom. The molecule has 1 rings (SSSR count). The minimum absolute atomic E-state index is 0.252. The van der Waals surface area contributed by atoms with Crippen LogP contribution < -0.4 is 10.6 Å². The number of hydrogen-bond acceptors (Lipinski definition) is 3. The Bertz CT molecular complexity index is 594. The third-order valence-electron chi connectivity index (χ3n) is 3.14. The predicted octanol–water partition coefficient (Wildman–Crippen LogP) is 4.64. The zero-order valence-electron chi connectivity index (χ0n) is 15.2. The summed E-state index contributed by atoms with van der Waals surface area (Å²) in [5.74, 6) is -0.00128. The SMILES string of the molecule is Cc1cc(NC(=O)[C@@H](CC(C)C)NC(=O)OC(C)(C)C)ccc1Br. The van der Waals surface area contributed by atoms with Gasteiger partial charge in [0.25, 0.3) is 0 Å². The second-order valence-corrected chi connectivity index (χ2v) is 8.14. The van der Waals surface area contributed by atoms with Crippen LogP contribution in [-0.2, 0) is 9.53 Å². The van der Waals surface area contributed by atoms with Crippen LogP contribution in [0.3, 0.4) is 0 Å². The van der Waals surface area contributed by atoms with E-state index in [1.165, 1.54) is 0 Å². The average molecular weight is 399 g/mol. The highest BCUT2D eigenvalue weighted by atomic mass is 79.9. The molecule has 5 nitrogen and oxygen atoms in total. The van der Waals surface area contributed by atoms with E-state index in [-0.39, 0.29) is 11.8 Å². The van der Waals surface area contributed by atoms with E-state index in [9.17, 15) is 9.59 Å². The van der Waals surface area contributed by atoms with Crippen molar-refractivity contribution in [2.45, 2.75) is 59.6 Å². The molecule has 0 fully saturated rings. The minimum Gasteiger partial charge on any atom is -0.444 e. The van der Waals surface area contributed by atoms with Gasteiger partial charge in [-0.25, -0.2) is 4.79 Å². The fourth-order valence-corrected chi connectivity index (χ4v) is 2.35. The molecule has 6 heteroatoms. The molecule has 0 unspecified atom stereocenters. The lowest BCUT2D eigenvalue weighted by Gasteiger charge is -2.24. The zero-order chi connectivity index (χ0) is 18.5. The van der Waals surface area contributed by atoms with Crippen molar-refractivity contribution in [1.29, 1.82) is 0 Å². The van der Waals surface area contributed by atoms with Crippen molar-refractivity contribution < 1.29 is 14.3 Å². The molecule has 1 aromatic carbocycles. The number of benzene rings is 1. The lowest BCUT2D eigenvalue weighted by molar-refractivity contribution is -0.118. The Labute approximate surface area is 152 Å². The molecule has 0 aliphatic carbocycles. The van der Waals surface area contributed by atoms with Gasteiger partial charge < -0.3 is 15.4 Å². The number of carbonyl (C=O) groups is 2. The largest absolute Gasteiger partial charge is 0.444 e. The first-order chi connectivity index (χ1) is 11.0. The minimum atomic E-state index is -0.649. The molecule has 0 heterocycles. The first kappa shape index (κ1) is 20.5. The first-order valence-corrected chi connectivity index (χ1v) is 8.84. The molecule has 24 heavy (non-hydrogen) atoms. The summed E-state index contributed by atoms with van der Waals surface area (Å²) in [6.07, 6.45) is -0.0593. The molecule has 2 N–H and O–H groups in total. The maximum absolute atomic E-state index is 12.6. The molecule has 0 aliphatic heterocycles. The quantitative estimate of drug-likeness (QED) is 0.758. The van der Waals surface area contributed by atoms with E-state index in [4.69, 9.17) is 4.74 Å². The van der Waals surface area contributed by atoms with Crippen molar-refractivity contribution in [3.05, 3.63) is 28.2 Å². The Balaban J connectivity index is 2.80. The van der Waals surface area contributed by atoms with Crippen LogP contribution >= 0.6 is 15.9 Å². The number of anilines is 1. The van der Waals surface area contributed by atoms with Gasteiger partial charge in [-0.15, -0.1) is 0 Å². The first-order valence-electron chi connectivity index (χ1n) is 8.04. The number of nitrogens with one attached hydrogen (secondary N) is 2. The molecule has 134 valence electrons. The molecule has 1 atom stereocenters. The number of aryl methyl sites for hydroxylation is 1. The van der Waals surface area contributed by atoms with Crippen LogP contribution in [0.15, 0.2) is 22.7 Å². The summed E-state index contributed by atoms with van der Waals surface area (Å²) in [6.45, 7) is 11.3. The van der Waals surface area contributed by atoms with Crippen LogP contribution in [-0.4, -0.2) is 23.6 Å². The van der Waals surface area contributed by atoms with Crippen molar-refractivity contribution in [1.82, 2.24) is 5.32 Å². The van der Waals surface area contributed by atoms with E-state index < -0.39 is 17.7 Å². The standard InChI is InChI=1S/C18H27BrN2O3/c1-11(2)9-15(21-17(23)24-18(4,5)6)16(22)20-13-7-8-14(19)12(3)10-13/h7-8,10-11,15H,9H2,1-6H3,(H,20,22)(H,21,23)/t15-/m1/s1. The maximum Gasteiger partial charge on any atom is 0.408 e. The number of halogens is 1. The van der Waals surface area contributed by atoms with Crippen molar-refractivity contribution in [3.63, 3.8) is 0 Å². The summed E-state index contributed by atoms with van der Waals surface area (Å²) in [7, 11) is 0. The molecule has 0 aliphatic rings. The number of ether oxygens (including phenoxy) is 1. The van der Waals surface area contributed by atoms with Gasteiger partial charge in [0, 0.05) is 10.2 Å². The molecule has 0 radical (unpaired) electrons. The summed E-state index contributed by atoms with van der Waals surface area (Å²) in [6, 6.07) is 4.92. The van der Waals surface area contributed by atoms with Gasteiger partial charge in [0.2, 0.25) is 5.91 Å². The van der Waals surface area contributed by atoms with Crippen molar-refractivity contribution in [2.75, 3.05) is 5.32 Å². The summed E-state index contributed by atoms with van der Waals surface area (Å²) >= 11 is 3.43. The Morgan fingerprint density at radius 3 is 2.38 bits per heavy atom. The Kier molecular flexibility index (Phi) is 7.27. The van der Waals surface area contributed by atoms with Crippen LogP contribution in [0.1, 0.15) is 46.6 Å². The zero-order valence-corrected chi connectivity index (χ0v) is 16.8. The summed E-state index contributed by atoms with van der Waals surface area (Å²) < 4.78 is 6.23. The Morgan fingerprint density at radius 2 is 1.88 bits per heavy atom. The second kappa shape index (κ2) is 8.51. The third-order valence-corrected chi connectivity index (χ3v) is 4.03. The van der Waals surface area contributed by atoms with Crippen molar-refractivity contribution in [3.8, 4) is 0 Å². The van der Waals surface area contributed by atoms with Gasteiger partial charge in [0.15, 0.2) is 0 Å². The van der Waals surface area contributed by atoms with Crippen LogP contribution in [0, 0.1) is 12.8 Å². The highest BCUT2D eigenvalue weighted by Crippen LogP contribution is 2.20. The third kappa shape index (κ3) is 7.34. The lowest BCUT2D eigenvalue weighted by atomic mass is 10.0. The fraction of sp³-hybridized carbons (Fsp3) is 0.556. The summed E-state index contributed by atoms with van der Waals surface area (Å²) in [5, 5.41) is 5.52. The van der Waals surface area contributed by atoms with Crippen LogP contribution in [0.4, 0.5) is 10.5 Å². The number of alkyl carbamates (subject to hydrolysis) is 1. The van der Waals surface area contributed by atoms with Crippen LogP contribution in [0.25, 0.3) is 0 Å². The van der Waals surface area contributed by atoms with Crippen molar-refractivity contribution >= 4 is 33.6 Å². The van der Waals surface area contributed by atoms with Gasteiger partial charge in [-0.1, -0.05) is 29.8 Å². The smallest absolute Gasteiger partial charge is 0.408 e. The molecule has 0 bridgehead atoms. The van der Waals surface area contributed by atoms with Crippen LogP contribution in [0.2, 0.25) is 0 Å². The van der Waals surface area contributed by atoms with E-state index >= 15 is 0 Å². The molecule has 1 aromatic rings. The van der Waals surface area contributed by atoms with Gasteiger partial charge in [-0.05, 0) is 63.8 Å². The highest BCUT2D eigenvalue weighted by Gasteiger charge is 2.25. The molecular weight excluding hydrogens is 372 g/mol. The lowest BCUT2D eigenvalue weighted by Crippen LogP contribution is -2.46. The van der Waals surface area contributed by atoms with Gasteiger partial charge >= 0.3 is 6.09 Å². The van der Waals surface area contributed by atoms with Gasteiger partial charge in [-0.2, -0.15) is 0 Å². The molecular formula is C18H27BrN2O3. The number of hydrogen-bond donors (Lipinski definition) is 2. The monoisotopic (exact) mass is 398 g/mol. The molecule has 0 saturated carbocycles. The Hall–Kier alpha value is -1.56. The van der Waals surface area contributed by atoms with Gasteiger partial charge in [0.05, 0.1) is 0 Å². The van der Waals surface area contributed by atoms with E-state index in [1.54, 1.807) is 20.8 Å². The maximum atomic E-state index is 12.6. The fourth-order valence-electron chi connectivity index (χ4n) is 2.10. The highest BCUT2D eigenvalue weighted by molar-refractivity contribution is 9.10. The molecule has 0 spiro atoms. The van der Waals surface area contributed by atoms with Crippen LogP contribution in [0.5, 0.6) is 0 Å². The van der Waals surface area contributed by atoms with Crippen molar-refractivity contribution in [2.24, 2.45) is 5.92 Å². The van der Waals surface area contributed by atoms with Gasteiger partial charge in [-0.3, -0.25) is 4.79 Å². The molecule has 2 amide bonds. The van der Waals surface area contributed by atoms with E-state index in [0.717, 1.165) is 10.0 Å². The van der Waals surface area contributed by atoms with E-state index in [2.05, 4.69) is 26.6 Å². The average Bonchev–Trinajstić information content (AvgIpc) is 2.39. The number of carbonyl (C=O) groups excluding carboxylic acids is 2. The number of amides is 2. The second-order valence-electron chi connectivity index (χ2n) is 7.28. The molecule has 0 saturated heterocycles. The predicted molar refractivity (Wildman–Crippen MR) is 100 cm³/mol. The van der Waals surface area contributed by atoms with E-state index in [1.807, 2.05) is 39.0 Å². The summed E-state index contributed by atoms with van der Waals surface area (Å²) in [5.41, 5.74) is 1.11. The normalized spacial score (nSPS) is 12.7. The molecule has 0 aromatic heterocycles. The topological polar surface area (TPSA) is 67.4 Å². The van der Waals surface area contributed by atoms with Gasteiger partial charge in [0.1, 0.15) is 11.6 Å². The number of rotatable bonds is 5.